The van der Waals surface area contributed by atoms with Gasteiger partial charge in [-0.15, -0.1) is 11.3 Å². The second-order valence-corrected chi connectivity index (χ2v) is 7.83. The molecule has 1 heterocycles. The van der Waals surface area contributed by atoms with E-state index in [0.29, 0.717) is 17.2 Å². The summed E-state index contributed by atoms with van der Waals surface area (Å²) in [6, 6.07) is 15.6. The van der Waals surface area contributed by atoms with Gasteiger partial charge >= 0.3 is 0 Å². The summed E-state index contributed by atoms with van der Waals surface area (Å²) in [5, 5.41) is 4.05. The van der Waals surface area contributed by atoms with Crippen molar-refractivity contribution in [1.29, 1.82) is 0 Å². The van der Waals surface area contributed by atoms with E-state index >= 15 is 0 Å². The van der Waals surface area contributed by atoms with Crippen LogP contribution >= 0.6 is 11.3 Å². The van der Waals surface area contributed by atoms with Crippen LogP contribution in [0.15, 0.2) is 48.5 Å². The Morgan fingerprint density at radius 2 is 1.96 bits per heavy atom. The van der Waals surface area contributed by atoms with Gasteiger partial charge in [0.1, 0.15) is 16.5 Å². The quantitative estimate of drug-likeness (QED) is 0.689. The first kappa shape index (κ1) is 18.5. The van der Waals surface area contributed by atoms with E-state index in [0.717, 1.165) is 35.5 Å². The molecule has 4 rings (SSSR count). The summed E-state index contributed by atoms with van der Waals surface area (Å²) in [6.07, 6.45) is 2.36. The molecule has 3 aromatic rings. The number of rotatable bonds is 5. The molecule has 5 nitrogen and oxygen atoms in total. The van der Waals surface area contributed by atoms with Crippen LogP contribution in [0.4, 0.5) is 5.69 Å². The molecule has 0 aliphatic heterocycles. The Morgan fingerprint density at radius 3 is 2.71 bits per heavy atom. The van der Waals surface area contributed by atoms with Crippen LogP contribution in [0.3, 0.4) is 0 Å². The van der Waals surface area contributed by atoms with Crippen molar-refractivity contribution in [3.8, 4) is 22.1 Å². The van der Waals surface area contributed by atoms with Crippen LogP contribution in [0, 0.1) is 5.92 Å². The van der Waals surface area contributed by atoms with Gasteiger partial charge in [0.05, 0.1) is 25.6 Å². The Bertz CT molecular complexity index is 985. The molecule has 144 valence electrons. The fourth-order valence-electron chi connectivity index (χ4n) is 3.44. The van der Waals surface area contributed by atoms with E-state index in [2.05, 4.69) is 17.4 Å². The predicted octanol–water partition coefficient (Wildman–Crippen LogP) is 4.57. The fraction of sp³-hybridized carbons (Fsp3) is 0.273. The normalized spacial score (nSPS) is 15.6. The van der Waals surface area contributed by atoms with Crippen molar-refractivity contribution in [2.75, 3.05) is 19.5 Å². The van der Waals surface area contributed by atoms with E-state index in [-0.39, 0.29) is 11.8 Å². The van der Waals surface area contributed by atoms with Gasteiger partial charge in [-0.2, -0.15) is 0 Å². The monoisotopic (exact) mass is 394 g/mol. The van der Waals surface area contributed by atoms with E-state index in [1.54, 1.807) is 31.6 Å². The molecule has 1 aliphatic carbocycles. The van der Waals surface area contributed by atoms with Gasteiger partial charge in [0, 0.05) is 22.4 Å². The highest BCUT2D eigenvalue weighted by Crippen LogP contribution is 2.36. The molecular formula is C22H22N2O3S. The van der Waals surface area contributed by atoms with Crippen molar-refractivity contribution in [2.24, 2.45) is 5.92 Å². The van der Waals surface area contributed by atoms with Crippen LogP contribution in [-0.2, 0) is 17.6 Å². The van der Waals surface area contributed by atoms with Gasteiger partial charge in [0.2, 0.25) is 5.91 Å². The highest BCUT2D eigenvalue weighted by molar-refractivity contribution is 7.15. The van der Waals surface area contributed by atoms with E-state index in [1.165, 1.54) is 4.88 Å². The van der Waals surface area contributed by atoms with Crippen LogP contribution < -0.4 is 14.8 Å². The Balaban J connectivity index is 1.49. The molecule has 0 fully saturated rings. The summed E-state index contributed by atoms with van der Waals surface area (Å²) in [5.41, 5.74) is 2.93. The number of benzene rings is 2. The summed E-state index contributed by atoms with van der Waals surface area (Å²) in [5.74, 6) is 1.23. The van der Waals surface area contributed by atoms with E-state index in [4.69, 9.17) is 14.5 Å². The van der Waals surface area contributed by atoms with Gasteiger partial charge in [0.25, 0.3) is 0 Å². The molecule has 1 amide bonds. The number of nitrogens with one attached hydrogen (secondary N) is 1. The molecule has 6 heteroatoms. The number of hydrogen-bond acceptors (Lipinski definition) is 5. The number of carbonyl (C=O) groups excluding carboxylic acids is 1. The number of ether oxygens (including phenoxy) is 2. The minimum Gasteiger partial charge on any atom is -0.497 e. The van der Waals surface area contributed by atoms with Crippen molar-refractivity contribution in [2.45, 2.75) is 19.3 Å². The van der Waals surface area contributed by atoms with Crippen LogP contribution in [0.2, 0.25) is 0 Å². The Labute approximate surface area is 168 Å². The number of aryl methyl sites for hydroxylation is 1. The maximum atomic E-state index is 12.9. The number of carbonyl (C=O) groups is 1. The predicted molar refractivity (Wildman–Crippen MR) is 111 cm³/mol. The average Bonchev–Trinajstić information content (AvgIpc) is 3.18. The van der Waals surface area contributed by atoms with Gasteiger partial charge in [-0.3, -0.25) is 4.79 Å². The molecule has 0 spiro atoms. The van der Waals surface area contributed by atoms with Gasteiger partial charge in [-0.05, 0) is 31.4 Å². The number of hydrogen-bond donors (Lipinski definition) is 1. The standard InChI is InChI=1S/C22H22N2O3S/c1-26-16-9-11-17(19(13-16)27-2)23-21(25)15-8-10-18-20(12-15)28-22(24-18)14-6-4-3-5-7-14/h3-7,9,11,13,15H,8,10,12H2,1-2H3,(H,23,25). The van der Waals surface area contributed by atoms with Crippen molar-refractivity contribution in [3.63, 3.8) is 0 Å². The molecule has 1 N–H and O–H groups in total. The number of nitrogens with zero attached hydrogens (tertiary/aromatic N) is 1. The summed E-state index contributed by atoms with van der Waals surface area (Å²) >= 11 is 1.70. The van der Waals surface area contributed by atoms with Crippen molar-refractivity contribution in [3.05, 3.63) is 59.1 Å². The summed E-state index contributed by atoms with van der Waals surface area (Å²) in [7, 11) is 3.19. The number of thiazole rings is 1. The lowest BCUT2D eigenvalue weighted by molar-refractivity contribution is -0.120. The highest BCUT2D eigenvalue weighted by Gasteiger charge is 2.28. The highest BCUT2D eigenvalue weighted by atomic mass is 32.1. The maximum absolute atomic E-state index is 12.9. The molecule has 0 bridgehead atoms. The third-order valence-corrected chi connectivity index (χ3v) is 6.17. The van der Waals surface area contributed by atoms with E-state index < -0.39 is 0 Å². The maximum Gasteiger partial charge on any atom is 0.227 e. The zero-order valence-electron chi connectivity index (χ0n) is 15.9. The lowest BCUT2D eigenvalue weighted by Crippen LogP contribution is -2.27. The van der Waals surface area contributed by atoms with Gasteiger partial charge < -0.3 is 14.8 Å². The molecule has 28 heavy (non-hydrogen) atoms. The molecule has 1 aromatic heterocycles. The van der Waals surface area contributed by atoms with Crippen molar-refractivity contribution < 1.29 is 14.3 Å². The molecular weight excluding hydrogens is 372 g/mol. The molecule has 1 atom stereocenters. The molecule has 2 aromatic carbocycles. The fourth-order valence-corrected chi connectivity index (χ4v) is 4.63. The largest absolute Gasteiger partial charge is 0.497 e. The summed E-state index contributed by atoms with van der Waals surface area (Å²) in [6.45, 7) is 0. The zero-order valence-corrected chi connectivity index (χ0v) is 16.7. The molecule has 0 saturated carbocycles. The molecule has 0 saturated heterocycles. The average molecular weight is 394 g/mol. The van der Waals surface area contributed by atoms with Crippen LogP contribution in [-0.4, -0.2) is 25.1 Å². The SMILES string of the molecule is COc1ccc(NC(=O)C2CCc3nc(-c4ccccc4)sc3C2)c(OC)c1. The second kappa shape index (κ2) is 8.02. The third-order valence-electron chi connectivity index (χ3n) is 5.00. The molecule has 0 radical (unpaired) electrons. The lowest BCUT2D eigenvalue weighted by Gasteiger charge is -2.21. The van der Waals surface area contributed by atoms with Crippen LogP contribution in [0.1, 0.15) is 17.0 Å². The van der Waals surface area contributed by atoms with Crippen LogP contribution in [0.25, 0.3) is 10.6 Å². The number of fused-ring (bicyclic) bond motifs is 1. The smallest absolute Gasteiger partial charge is 0.227 e. The minimum atomic E-state index is -0.0663. The lowest BCUT2D eigenvalue weighted by atomic mass is 9.90. The van der Waals surface area contributed by atoms with Gasteiger partial charge in [-0.25, -0.2) is 4.98 Å². The van der Waals surface area contributed by atoms with Gasteiger partial charge in [-0.1, -0.05) is 30.3 Å². The summed E-state index contributed by atoms with van der Waals surface area (Å²) in [4.78, 5) is 18.9. The molecule has 1 aliphatic rings. The topological polar surface area (TPSA) is 60.5 Å². The Kier molecular flexibility index (Phi) is 5.30. The van der Waals surface area contributed by atoms with Crippen molar-refractivity contribution >= 4 is 22.9 Å². The summed E-state index contributed by atoms with van der Waals surface area (Å²) < 4.78 is 10.6. The minimum absolute atomic E-state index is 0.0174. The van der Waals surface area contributed by atoms with E-state index in [9.17, 15) is 4.79 Å². The van der Waals surface area contributed by atoms with Crippen molar-refractivity contribution in [1.82, 2.24) is 4.98 Å². The first-order valence-corrected chi connectivity index (χ1v) is 10.1. The van der Waals surface area contributed by atoms with Gasteiger partial charge in [0.15, 0.2) is 0 Å². The third kappa shape index (κ3) is 3.73. The number of anilines is 1. The number of amides is 1. The number of methoxy groups -OCH3 is 2. The first-order valence-electron chi connectivity index (χ1n) is 9.25. The zero-order chi connectivity index (χ0) is 19.5. The first-order chi connectivity index (χ1) is 13.7. The number of aromatic nitrogens is 1. The molecule has 1 unspecified atom stereocenters. The van der Waals surface area contributed by atoms with E-state index in [1.807, 2.05) is 30.3 Å². The second-order valence-electron chi connectivity index (χ2n) is 6.75. The Hall–Kier alpha value is -2.86. The Morgan fingerprint density at radius 1 is 1.14 bits per heavy atom. The van der Waals surface area contributed by atoms with Crippen LogP contribution in [0.5, 0.6) is 11.5 Å².